The second-order valence-corrected chi connectivity index (χ2v) is 6.64. The van der Waals surface area contributed by atoms with E-state index in [1.165, 1.54) is 12.1 Å². The van der Waals surface area contributed by atoms with Crippen molar-refractivity contribution in [3.8, 4) is 0 Å². The summed E-state index contributed by atoms with van der Waals surface area (Å²) in [7, 11) is 3.97. The highest BCUT2D eigenvalue weighted by atomic mass is 127. The van der Waals surface area contributed by atoms with Gasteiger partial charge >= 0.3 is 0 Å². The fourth-order valence-corrected chi connectivity index (χ4v) is 3.23. The van der Waals surface area contributed by atoms with Gasteiger partial charge < -0.3 is 9.80 Å². The summed E-state index contributed by atoms with van der Waals surface area (Å²) in [6.07, 6.45) is 1.96. The minimum atomic E-state index is -0.464. The third-order valence-corrected chi connectivity index (χ3v) is 4.55. The lowest BCUT2D eigenvalue weighted by Crippen LogP contribution is -2.41. The molecule has 1 aromatic carbocycles. The Bertz CT molecular complexity index is 562. The minimum Gasteiger partial charge on any atom is -0.334 e. The molecule has 2 rings (SSSR count). The molecule has 0 radical (unpaired) electrons. The Morgan fingerprint density at radius 3 is 2.86 bits per heavy atom. The molecule has 7 heteroatoms. The van der Waals surface area contributed by atoms with E-state index in [1.54, 1.807) is 6.07 Å². The summed E-state index contributed by atoms with van der Waals surface area (Å²) in [4.78, 5) is 27.1. The van der Waals surface area contributed by atoms with E-state index < -0.39 is 4.92 Å². The van der Waals surface area contributed by atoms with Crippen LogP contribution in [0.3, 0.4) is 0 Å². The number of benzene rings is 1. The fraction of sp³-hybridized carbons (Fsp3) is 0.500. The number of halogens is 1. The molecule has 1 aromatic rings. The van der Waals surface area contributed by atoms with Gasteiger partial charge in [0.15, 0.2) is 0 Å². The maximum Gasteiger partial charge on any atom is 0.270 e. The lowest BCUT2D eigenvalue weighted by Gasteiger charge is -2.27. The predicted octanol–water partition coefficient (Wildman–Crippen LogP) is 2.37. The van der Waals surface area contributed by atoms with Crippen molar-refractivity contribution in [2.75, 3.05) is 27.2 Å². The predicted molar refractivity (Wildman–Crippen MR) is 88.4 cm³/mol. The molecule has 1 aliphatic rings. The maximum atomic E-state index is 12.7. The van der Waals surface area contributed by atoms with Crippen LogP contribution in [0.2, 0.25) is 0 Å². The molecule has 1 saturated heterocycles. The number of nitrogens with zero attached hydrogens (tertiary/aromatic N) is 3. The monoisotopic (exact) mass is 403 g/mol. The molecule has 0 spiro atoms. The zero-order valence-corrected chi connectivity index (χ0v) is 14.2. The number of likely N-dealkylation sites (N-methyl/N-ethyl adjacent to an activating group) is 1. The van der Waals surface area contributed by atoms with Crippen molar-refractivity contribution >= 4 is 34.2 Å². The van der Waals surface area contributed by atoms with E-state index in [0.29, 0.717) is 5.56 Å². The Balaban J connectivity index is 2.26. The van der Waals surface area contributed by atoms with Crippen LogP contribution in [0.25, 0.3) is 0 Å². The second kappa shape index (κ2) is 6.69. The van der Waals surface area contributed by atoms with Gasteiger partial charge in [0.25, 0.3) is 11.6 Å². The summed E-state index contributed by atoms with van der Waals surface area (Å²) in [6.45, 7) is 1.54. The van der Waals surface area contributed by atoms with Crippen LogP contribution in [0.1, 0.15) is 23.2 Å². The first-order chi connectivity index (χ1) is 9.90. The van der Waals surface area contributed by atoms with Crippen LogP contribution in [-0.4, -0.2) is 53.9 Å². The highest BCUT2D eigenvalue weighted by molar-refractivity contribution is 14.1. The van der Waals surface area contributed by atoms with E-state index in [4.69, 9.17) is 0 Å². The molecule has 0 aliphatic carbocycles. The summed E-state index contributed by atoms with van der Waals surface area (Å²) >= 11 is 2.05. The van der Waals surface area contributed by atoms with Gasteiger partial charge in [0, 0.05) is 34.8 Å². The zero-order valence-electron chi connectivity index (χ0n) is 12.1. The third kappa shape index (κ3) is 3.70. The van der Waals surface area contributed by atoms with E-state index in [-0.39, 0.29) is 17.6 Å². The molecule has 1 fully saturated rings. The molecule has 21 heavy (non-hydrogen) atoms. The second-order valence-electron chi connectivity index (χ2n) is 5.48. The molecular formula is C14H18IN3O3. The fourth-order valence-electron chi connectivity index (χ4n) is 2.66. The largest absolute Gasteiger partial charge is 0.334 e. The van der Waals surface area contributed by atoms with Gasteiger partial charge in [-0.3, -0.25) is 14.9 Å². The van der Waals surface area contributed by atoms with Gasteiger partial charge in [-0.1, -0.05) is 0 Å². The van der Waals surface area contributed by atoms with Crippen molar-refractivity contribution in [1.82, 2.24) is 9.80 Å². The Kier molecular flexibility index (Phi) is 5.15. The molecular weight excluding hydrogens is 385 g/mol. The lowest BCUT2D eigenvalue weighted by molar-refractivity contribution is -0.384. The first kappa shape index (κ1) is 16.2. The number of likely N-dealkylation sites (tertiary alicyclic amines) is 1. The van der Waals surface area contributed by atoms with Crippen LogP contribution in [0.15, 0.2) is 18.2 Å². The number of non-ortho nitro benzene ring substituents is 1. The summed E-state index contributed by atoms with van der Waals surface area (Å²) in [5.74, 6) is -0.104. The zero-order chi connectivity index (χ0) is 15.6. The molecule has 0 saturated carbocycles. The summed E-state index contributed by atoms with van der Waals surface area (Å²) in [6, 6.07) is 4.63. The summed E-state index contributed by atoms with van der Waals surface area (Å²) in [5, 5.41) is 10.9. The molecule has 0 bridgehead atoms. The summed E-state index contributed by atoms with van der Waals surface area (Å²) < 4.78 is 0.749. The van der Waals surface area contributed by atoms with Crippen LogP contribution >= 0.6 is 22.6 Å². The first-order valence-corrected chi connectivity index (χ1v) is 7.87. The van der Waals surface area contributed by atoms with Crippen LogP contribution in [0, 0.1) is 13.7 Å². The van der Waals surface area contributed by atoms with Gasteiger partial charge in [0.1, 0.15) is 0 Å². The van der Waals surface area contributed by atoms with E-state index in [1.807, 2.05) is 19.0 Å². The van der Waals surface area contributed by atoms with Crippen molar-refractivity contribution in [3.05, 3.63) is 37.4 Å². The van der Waals surface area contributed by atoms with Crippen molar-refractivity contribution in [2.24, 2.45) is 0 Å². The maximum absolute atomic E-state index is 12.7. The van der Waals surface area contributed by atoms with Crippen LogP contribution < -0.4 is 0 Å². The third-order valence-electron chi connectivity index (χ3n) is 3.61. The highest BCUT2D eigenvalue weighted by Gasteiger charge is 2.31. The van der Waals surface area contributed by atoms with E-state index in [9.17, 15) is 14.9 Å². The van der Waals surface area contributed by atoms with Gasteiger partial charge in [0.05, 0.1) is 10.5 Å². The first-order valence-electron chi connectivity index (χ1n) is 6.80. The molecule has 1 unspecified atom stereocenters. The lowest BCUT2D eigenvalue weighted by atomic mass is 10.1. The molecule has 0 aromatic heterocycles. The standard InChI is InChI=1S/C14H18IN3O3/c1-16(2)9-11-4-3-7-17(11)14(19)12-8-10(18(20)21)5-6-13(12)15/h5-6,8,11H,3-4,7,9H2,1-2H3. The SMILES string of the molecule is CN(C)CC1CCCN1C(=O)c1cc([N+](=O)[O-])ccc1I. The van der Waals surface area contributed by atoms with Crippen molar-refractivity contribution in [3.63, 3.8) is 0 Å². The van der Waals surface area contributed by atoms with E-state index >= 15 is 0 Å². The van der Waals surface area contributed by atoms with Gasteiger partial charge in [-0.25, -0.2) is 0 Å². The molecule has 1 amide bonds. The van der Waals surface area contributed by atoms with Gasteiger partial charge in [-0.05, 0) is 55.6 Å². The number of hydrogen-bond donors (Lipinski definition) is 0. The quantitative estimate of drug-likeness (QED) is 0.440. The Morgan fingerprint density at radius 1 is 1.52 bits per heavy atom. The van der Waals surface area contributed by atoms with Gasteiger partial charge in [-0.15, -0.1) is 0 Å². The van der Waals surface area contributed by atoms with Crippen molar-refractivity contribution < 1.29 is 9.72 Å². The van der Waals surface area contributed by atoms with Crippen molar-refractivity contribution in [1.29, 1.82) is 0 Å². The molecule has 1 atom stereocenters. The van der Waals surface area contributed by atoms with E-state index in [2.05, 4.69) is 27.5 Å². The number of rotatable bonds is 4. The van der Waals surface area contributed by atoms with Crippen LogP contribution in [-0.2, 0) is 0 Å². The Labute approximate surface area is 137 Å². The number of hydrogen-bond acceptors (Lipinski definition) is 4. The highest BCUT2D eigenvalue weighted by Crippen LogP contribution is 2.25. The molecule has 0 N–H and O–H groups in total. The van der Waals surface area contributed by atoms with Gasteiger partial charge in [0.2, 0.25) is 0 Å². The molecule has 114 valence electrons. The van der Waals surface area contributed by atoms with Crippen molar-refractivity contribution in [2.45, 2.75) is 18.9 Å². The summed E-state index contributed by atoms with van der Waals surface area (Å²) in [5.41, 5.74) is 0.387. The minimum absolute atomic E-state index is 0.0397. The Hall–Kier alpha value is -1.22. The van der Waals surface area contributed by atoms with Crippen LogP contribution in [0.4, 0.5) is 5.69 Å². The average Bonchev–Trinajstić information content (AvgIpc) is 2.85. The Morgan fingerprint density at radius 2 is 2.24 bits per heavy atom. The normalized spacial score (nSPS) is 18.3. The molecule has 1 aliphatic heterocycles. The van der Waals surface area contributed by atoms with E-state index in [0.717, 1.165) is 29.5 Å². The number of nitro benzene ring substituents is 1. The molecule has 6 nitrogen and oxygen atoms in total. The number of carbonyl (C=O) groups excluding carboxylic acids is 1. The number of carbonyl (C=O) groups is 1. The topological polar surface area (TPSA) is 66.7 Å². The molecule has 1 heterocycles. The average molecular weight is 403 g/mol. The smallest absolute Gasteiger partial charge is 0.270 e. The number of amides is 1. The number of nitro groups is 1. The van der Waals surface area contributed by atoms with Gasteiger partial charge in [-0.2, -0.15) is 0 Å². The van der Waals surface area contributed by atoms with Crippen LogP contribution in [0.5, 0.6) is 0 Å².